The standard InChI is InChI=1S/C17H19ClFNO2.C10H16O4S/c18-15-7-6-13(8-16(15)19)17(22)14(11-21)10-20-9-12-4-2-1-3-5-12;1-9(2)7-3-4-10(9,8(11)5-7)6-15(12,13)14/h1-8,14,17,20-22H,9-11H2;7H,3-6H2,1-2H3,(H,12,13,14)/t14-,17-;7-,10-/m01/s1. The summed E-state index contributed by atoms with van der Waals surface area (Å²) in [7, 11) is -4.08. The van der Waals surface area contributed by atoms with Crippen LogP contribution in [0.4, 0.5) is 4.39 Å². The fraction of sp³-hybridized carbons (Fsp3) is 0.519. The predicted octanol–water partition coefficient (Wildman–Crippen LogP) is 4.18. The van der Waals surface area contributed by atoms with E-state index in [0.29, 0.717) is 31.5 Å². The van der Waals surface area contributed by atoms with E-state index in [1.165, 1.54) is 12.1 Å². The average molecular weight is 556 g/mol. The number of Topliss-reactive ketones (excluding diaryl/α,β-unsaturated/α-hetero) is 1. The van der Waals surface area contributed by atoms with Crippen LogP contribution in [0.5, 0.6) is 0 Å². The van der Waals surface area contributed by atoms with Crippen molar-refractivity contribution < 1.29 is 32.4 Å². The molecule has 2 fully saturated rings. The Morgan fingerprint density at radius 2 is 1.86 bits per heavy atom. The van der Waals surface area contributed by atoms with E-state index >= 15 is 0 Å². The maximum Gasteiger partial charge on any atom is 0.265 e. The third-order valence-corrected chi connectivity index (χ3v) is 9.28. The van der Waals surface area contributed by atoms with Crippen LogP contribution in [0.1, 0.15) is 50.3 Å². The van der Waals surface area contributed by atoms with Gasteiger partial charge in [-0.1, -0.05) is 61.8 Å². The van der Waals surface area contributed by atoms with Gasteiger partial charge in [-0.15, -0.1) is 0 Å². The van der Waals surface area contributed by atoms with Gasteiger partial charge in [0.05, 0.1) is 22.3 Å². The highest BCUT2D eigenvalue weighted by molar-refractivity contribution is 7.85. The molecule has 37 heavy (non-hydrogen) atoms. The third kappa shape index (κ3) is 6.77. The summed E-state index contributed by atoms with van der Waals surface area (Å²) in [4.78, 5) is 11.9. The Kier molecular flexibility index (Phi) is 9.53. The van der Waals surface area contributed by atoms with Gasteiger partial charge in [-0.25, -0.2) is 4.39 Å². The van der Waals surface area contributed by atoms with Crippen molar-refractivity contribution in [1.82, 2.24) is 5.32 Å². The quantitative estimate of drug-likeness (QED) is 0.342. The first kappa shape index (κ1) is 29.7. The third-order valence-electron chi connectivity index (χ3n) is 8.11. The summed E-state index contributed by atoms with van der Waals surface area (Å²) >= 11 is 5.63. The molecular weight excluding hydrogens is 521 g/mol. The molecule has 2 bridgehead atoms. The number of ketones is 1. The summed E-state index contributed by atoms with van der Waals surface area (Å²) in [5, 5.41) is 22.9. The second kappa shape index (κ2) is 11.9. The first-order chi connectivity index (χ1) is 17.3. The fourth-order valence-corrected chi connectivity index (χ4v) is 7.08. The topological polar surface area (TPSA) is 124 Å². The molecule has 4 N–H and O–H groups in total. The molecule has 0 aliphatic heterocycles. The summed E-state index contributed by atoms with van der Waals surface area (Å²) in [6.07, 6.45) is 1.01. The molecule has 0 heterocycles. The first-order valence-corrected chi connectivity index (χ1v) is 14.3. The Morgan fingerprint density at radius 3 is 2.38 bits per heavy atom. The van der Waals surface area contributed by atoms with E-state index in [9.17, 15) is 27.8 Å². The molecule has 10 heteroatoms. The Morgan fingerprint density at radius 1 is 1.19 bits per heavy atom. The molecule has 2 aliphatic rings. The number of aliphatic hydroxyl groups is 2. The van der Waals surface area contributed by atoms with Crippen LogP contribution in [0.25, 0.3) is 0 Å². The molecule has 2 aromatic carbocycles. The van der Waals surface area contributed by atoms with Gasteiger partial charge in [0, 0.05) is 32.0 Å². The number of carbonyl (C=O) groups excluding carboxylic acids is 1. The van der Waals surface area contributed by atoms with Gasteiger partial charge >= 0.3 is 0 Å². The average Bonchev–Trinajstić information content (AvgIpc) is 3.17. The minimum Gasteiger partial charge on any atom is -0.396 e. The lowest BCUT2D eigenvalue weighted by atomic mass is 9.70. The molecule has 2 saturated carbocycles. The number of halogens is 2. The molecule has 2 aliphatic carbocycles. The number of hydrogen-bond acceptors (Lipinski definition) is 6. The molecule has 4 atom stereocenters. The maximum absolute atomic E-state index is 13.5. The van der Waals surface area contributed by atoms with E-state index in [4.69, 9.17) is 16.2 Å². The van der Waals surface area contributed by atoms with Gasteiger partial charge in [0.15, 0.2) is 0 Å². The summed E-state index contributed by atoms with van der Waals surface area (Å²) < 4.78 is 44.4. The van der Waals surface area contributed by atoms with Crippen molar-refractivity contribution in [1.29, 1.82) is 0 Å². The highest BCUT2D eigenvalue weighted by Crippen LogP contribution is 2.64. The highest BCUT2D eigenvalue weighted by atomic mass is 35.5. The van der Waals surface area contributed by atoms with Crippen LogP contribution < -0.4 is 5.32 Å². The minimum absolute atomic E-state index is 0.0127. The Balaban J connectivity index is 0.000000220. The van der Waals surface area contributed by atoms with Crippen molar-refractivity contribution in [3.8, 4) is 0 Å². The van der Waals surface area contributed by atoms with Gasteiger partial charge in [-0.2, -0.15) is 8.42 Å². The zero-order valence-electron chi connectivity index (χ0n) is 21.0. The van der Waals surface area contributed by atoms with Crippen LogP contribution in [-0.4, -0.2) is 47.9 Å². The van der Waals surface area contributed by atoms with Crippen molar-refractivity contribution in [2.75, 3.05) is 18.9 Å². The zero-order chi connectivity index (χ0) is 27.4. The van der Waals surface area contributed by atoms with E-state index in [1.54, 1.807) is 6.07 Å². The van der Waals surface area contributed by atoms with Crippen molar-refractivity contribution in [2.24, 2.45) is 22.7 Å². The SMILES string of the molecule is CC1(C)[C@@H]2CC[C@@]1(CS(=O)(=O)O)C(=O)C2.OC[C@H](CNCc1ccccc1)[C@@H](O)c1ccc(Cl)c(F)c1. The molecular formula is C27H35ClFNO6S. The second-order valence-corrected chi connectivity index (χ2v) is 12.4. The normalized spacial score (nSPS) is 23.9. The van der Waals surface area contributed by atoms with Crippen molar-refractivity contribution in [3.05, 3.63) is 70.5 Å². The van der Waals surface area contributed by atoms with Gasteiger partial charge < -0.3 is 15.5 Å². The van der Waals surface area contributed by atoms with Crippen LogP contribution in [-0.2, 0) is 21.5 Å². The lowest BCUT2D eigenvalue weighted by Gasteiger charge is -2.35. The first-order valence-electron chi connectivity index (χ1n) is 12.3. The summed E-state index contributed by atoms with van der Waals surface area (Å²) in [5.74, 6) is -1.10. The molecule has 0 aromatic heterocycles. The Hall–Kier alpha value is -1.88. The van der Waals surface area contributed by atoms with Gasteiger partial charge in [0.1, 0.15) is 11.6 Å². The zero-order valence-corrected chi connectivity index (χ0v) is 22.6. The van der Waals surface area contributed by atoms with Gasteiger partial charge in [-0.05, 0) is 47.4 Å². The largest absolute Gasteiger partial charge is 0.396 e. The lowest BCUT2D eigenvalue weighted by Crippen LogP contribution is -2.42. The minimum atomic E-state index is -4.08. The van der Waals surface area contributed by atoms with Crippen molar-refractivity contribution in [2.45, 2.75) is 45.8 Å². The molecule has 4 rings (SSSR count). The molecule has 2 aromatic rings. The van der Waals surface area contributed by atoms with Gasteiger partial charge in [0.25, 0.3) is 10.1 Å². The highest BCUT2D eigenvalue weighted by Gasteiger charge is 2.65. The summed E-state index contributed by atoms with van der Waals surface area (Å²) in [6, 6.07) is 14.0. The van der Waals surface area contributed by atoms with Crippen LogP contribution in [0.3, 0.4) is 0 Å². The molecule has 7 nitrogen and oxygen atoms in total. The predicted molar refractivity (Wildman–Crippen MR) is 140 cm³/mol. The molecule has 0 radical (unpaired) electrons. The van der Waals surface area contributed by atoms with Crippen molar-refractivity contribution in [3.63, 3.8) is 0 Å². The Labute approximate surface area is 222 Å². The molecule has 204 valence electrons. The number of fused-ring (bicyclic) bond motifs is 2. The van der Waals surface area contributed by atoms with E-state index in [1.807, 2.05) is 44.2 Å². The Bertz CT molecular complexity index is 1190. The summed E-state index contributed by atoms with van der Waals surface area (Å²) in [6.45, 7) is 4.74. The number of rotatable bonds is 9. The van der Waals surface area contributed by atoms with E-state index in [2.05, 4.69) is 5.32 Å². The monoisotopic (exact) mass is 555 g/mol. The van der Waals surface area contributed by atoms with Crippen LogP contribution >= 0.6 is 11.6 Å². The molecule has 0 unspecified atom stereocenters. The number of nitrogens with one attached hydrogen (secondary N) is 1. The maximum atomic E-state index is 13.5. The van der Waals surface area contributed by atoms with Crippen LogP contribution in [0.15, 0.2) is 48.5 Å². The van der Waals surface area contributed by atoms with Crippen LogP contribution in [0.2, 0.25) is 5.02 Å². The van der Waals surface area contributed by atoms with E-state index in [0.717, 1.165) is 12.0 Å². The number of aliphatic hydroxyl groups excluding tert-OH is 2. The van der Waals surface area contributed by atoms with Gasteiger partial charge in [-0.3, -0.25) is 9.35 Å². The number of hydrogen-bond donors (Lipinski definition) is 4. The fourth-order valence-electron chi connectivity index (χ4n) is 5.66. The van der Waals surface area contributed by atoms with E-state index in [-0.39, 0.29) is 28.7 Å². The number of carbonyl (C=O) groups is 1. The van der Waals surface area contributed by atoms with E-state index < -0.39 is 39.1 Å². The van der Waals surface area contributed by atoms with Crippen molar-refractivity contribution >= 4 is 27.5 Å². The molecule has 0 amide bonds. The molecule has 0 saturated heterocycles. The second-order valence-electron chi connectivity index (χ2n) is 10.6. The summed E-state index contributed by atoms with van der Waals surface area (Å²) in [5.41, 5.74) is 0.402. The van der Waals surface area contributed by atoms with Gasteiger partial charge in [0.2, 0.25) is 0 Å². The smallest absolute Gasteiger partial charge is 0.265 e. The lowest BCUT2D eigenvalue weighted by molar-refractivity contribution is -0.128. The van der Waals surface area contributed by atoms with Crippen LogP contribution in [0, 0.1) is 28.5 Å². The molecule has 0 spiro atoms. The number of benzene rings is 2.